The first-order valence-electron chi connectivity index (χ1n) is 9.97. The van der Waals surface area contributed by atoms with Crippen LogP contribution in [0.3, 0.4) is 0 Å². The third kappa shape index (κ3) is 5.31. The lowest BCUT2D eigenvalue weighted by Gasteiger charge is -2.15. The van der Waals surface area contributed by atoms with E-state index in [-0.39, 0.29) is 11.3 Å². The number of para-hydroxylation sites is 2. The molecule has 0 heterocycles. The number of hydrogen-bond donors (Lipinski definition) is 2. The maximum Gasteiger partial charge on any atom is 0.340 e. The third-order valence-corrected chi connectivity index (χ3v) is 4.96. The molecule has 0 saturated carbocycles. The van der Waals surface area contributed by atoms with E-state index in [0.717, 1.165) is 16.8 Å². The zero-order valence-electron chi connectivity index (χ0n) is 18.1. The Morgan fingerprint density at radius 1 is 0.750 bits per heavy atom. The van der Waals surface area contributed by atoms with Gasteiger partial charge in [-0.05, 0) is 55.3 Å². The largest absolute Gasteiger partial charge is 0.465 e. The maximum atomic E-state index is 12.7. The summed E-state index contributed by atoms with van der Waals surface area (Å²) in [4.78, 5) is 36.8. The standard InChI is InChI=1S/C25H24N2O5/c1-16-9-8-14-20(17(16)2)26-21-12-6-5-11-19(21)25(30)32-15-23(28)27-22-13-7-4-10-18(22)24(29)31-3/h4-14,26H,15H2,1-3H3,(H,27,28). The highest BCUT2D eigenvalue weighted by molar-refractivity contribution is 6.03. The van der Waals surface area contributed by atoms with E-state index in [1.807, 2.05) is 32.0 Å². The minimum Gasteiger partial charge on any atom is -0.465 e. The number of carbonyl (C=O) groups is 3. The number of methoxy groups -OCH3 is 1. The quantitative estimate of drug-likeness (QED) is 0.529. The number of anilines is 3. The molecular weight excluding hydrogens is 408 g/mol. The molecule has 3 aromatic rings. The van der Waals surface area contributed by atoms with Crippen molar-refractivity contribution in [2.45, 2.75) is 13.8 Å². The van der Waals surface area contributed by atoms with Gasteiger partial charge in [-0.15, -0.1) is 0 Å². The summed E-state index contributed by atoms with van der Waals surface area (Å²) in [5.41, 5.74) is 4.43. The minimum atomic E-state index is -0.644. The molecular formula is C25H24N2O5. The molecule has 164 valence electrons. The normalized spacial score (nSPS) is 10.2. The Morgan fingerprint density at radius 3 is 2.03 bits per heavy atom. The topological polar surface area (TPSA) is 93.7 Å². The Morgan fingerprint density at radius 2 is 1.34 bits per heavy atom. The van der Waals surface area contributed by atoms with E-state index in [1.54, 1.807) is 42.5 Å². The van der Waals surface area contributed by atoms with Crippen LogP contribution in [-0.2, 0) is 14.3 Å². The van der Waals surface area contributed by atoms with Gasteiger partial charge in [0, 0.05) is 5.69 Å². The molecule has 3 rings (SSSR count). The fraction of sp³-hybridized carbons (Fsp3) is 0.160. The van der Waals surface area contributed by atoms with E-state index in [2.05, 4.69) is 10.6 Å². The molecule has 2 N–H and O–H groups in total. The van der Waals surface area contributed by atoms with Crippen molar-refractivity contribution in [1.82, 2.24) is 0 Å². The number of nitrogens with one attached hydrogen (secondary N) is 2. The van der Waals surface area contributed by atoms with Crippen molar-refractivity contribution in [1.29, 1.82) is 0 Å². The van der Waals surface area contributed by atoms with Crippen LogP contribution in [0, 0.1) is 13.8 Å². The third-order valence-electron chi connectivity index (χ3n) is 4.96. The smallest absolute Gasteiger partial charge is 0.340 e. The summed E-state index contributed by atoms with van der Waals surface area (Å²) < 4.78 is 9.92. The van der Waals surface area contributed by atoms with E-state index < -0.39 is 24.5 Å². The zero-order chi connectivity index (χ0) is 23.1. The second-order valence-electron chi connectivity index (χ2n) is 7.08. The molecule has 0 aliphatic carbocycles. The average molecular weight is 432 g/mol. The van der Waals surface area contributed by atoms with Crippen molar-refractivity contribution in [3.8, 4) is 0 Å². The highest BCUT2D eigenvalue weighted by atomic mass is 16.5. The summed E-state index contributed by atoms with van der Waals surface area (Å²) in [5.74, 6) is -1.80. The van der Waals surface area contributed by atoms with Crippen LogP contribution in [0.1, 0.15) is 31.8 Å². The summed E-state index contributed by atoms with van der Waals surface area (Å²) in [7, 11) is 1.26. The van der Waals surface area contributed by atoms with Crippen LogP contribution >= 0.6 is 0 Å². The van der Waals surface area contributed by atoms with E-state index in [9.17, 15) is 14.4 Å². The van der Waals surface area contributed by atoms with Crippen molar-refractivity contribution in [2.24, 2.45) is 0 Å². The fourth-order valence-corrected chi connectivity index (χ4v) is 3.08. The van der Waals surface area contributed by atoms with Gasteiger partial charge in [0.2, 0.25) is 0 Å². The van der Waals surface area contributed by atoms with Gasteiger partial charge >= 0.3 is 11.9 Å². The Balaban J connectivity index is 1.68. The van der Waals surface area contributed by atoms with Gasteiger partial charge in [-0.25, -0.2) is 9.59 Å². The number of esters is 2. The van der Waals surface area contributed by atoms with Crippen molar-refractivity contribution in [3.05, 3.63) is 89.0 Å². The lowest BCUT2D eigenvalue weighted by molar-refractivity contribution is -0.119. The number of benzene rings is 3. The van der Waals surface area contributed by atoms with Gasteiger partial charge in [0.15, 0.2) is 6.61 Å². The molecule has 0 radical (unpaired) electrons. The molecule has 32 heavy (non-hydrogen) atoms. The fourth-order valence-electron chi connectivity index (χ4n) is 3.08. The van der Waals surface area contributed by atoms with Gasteiger partial charge in [0.1, 0.15) is 0 Å². The monoisotopic (exact) mass is 432 g/mol. The molecule has 0 fully saturated rings. The van der Waals surface area contributed by atoms with Crippen molar-refractivity contribution < 1.29 is 23.9 Å². The molecule has 0 unspecified atom stereocenters. The molecule has 0 atom stereocenters. The van der Waals surface area contributed by atoms with Crippen molar-refractivity contribution >= 4 is 34.9 Å². The molecule has 0 spiro atoms. The predicted molar refractivity (Wildman–Crippen MR) is 122 cm³/mol. The van der Waals surface area contributed by atoms with E-state index in [4.69, 9.17) is 9.47 Å². The van der Waals surface area contributed by atoms with Gasteiger partial charge in [0.25, 0.3) is 5.91 Å². The lowest BCUT2D eigenvalue weighted by Crippen LogP contribution is -2.22. The number of ether oxygens (including phenoxy) is 2. The van der Waals surface area contributed by atoms with Crippen LogP contribution in [0.15, 0.2) is 66.7 Å². The van der Waals surface area contributed by atoms with Gasteiger partial charge in [0.05, 0.1) is 29.6 Å². The minimum absolute atomic E-state index is 0.206. The second kappa shape index (κ2) is 10.3. The molecule has 7 nitrogen and oxygen atoms in total. The first-order chi connectivity index (χ1) is 15.4. The highest BCUT2D eigenvalue weighted by Gasteiger charge is 2.17. The van der Waals surface area contributed by atoms with Crippen molar-refractivity contribution in [3.63, 3.8) is 0 Å². The van der Waals surface area contributed by atoms with Crippen LogP contribution in [0.5, 0.6) is 0 Å². The molecule has 0 saturated heterocycles. The first-order valence-corrected chi connectivity index (χ1v) is 9.97. The maximum absolute atomic E-state index is 12.7. The predicted octanol–water partition coefficient (Wildman–Crippen LogP) is 4.63. The lowest BCUT2D eigenvalue weighted by atomic mass is 10.1. The van der Waals surface area contributed by atoms with Crippen LogP contribution in [0.2, 0.25) is 0 Å². The number of amides is 1. The van der Waals surface area contributed by atoms with Crippen LogP contribution in [-0.4, -0.2) is 31.6 Å². The van der Waals surface area contributed by atoms with E-state index >= 15 is 0 Å². The summed E-state index contributed by atoms with van der Waals surface area (Å²) in [6, 6.07) is 19.2. The summed E-state index contributed by atoms with van der Waals surface area (Å²) in [5, 5.41) is 5.83. The Kier molecular flexibility index (Phi) is 7.23. The van der Waals surface area contributed by atoms with Gasteiger partial charge in [-0.3, -0.25) is 4.79 Å². The number of carbonyl (C=O) groups excluding carboxylic acids is 3. The van der Waals surface area contributed by atoms with Gasteiger partial charge in [-0.1, -0.05) is 36.4 Å². The number of aryl methyl sites for hydroxylation is 1. The van der Waals surface area contributed by atoms with Crippen LogP contribution in [0.4, 0.5) is 17.1 Å². The molecule has 7 heteroatoms. The summed E-state index contributed by atoms with van der Waals surface area (Å²) >= 11 is 0. The Bertz CT molecular complexity index is 1160. The van der Waals surface area contributed by atoms with E-state index in [0.29, 0.717) is 11.3 Å². The average Bonchev–Trinajstić information content (AvgIpc) is 2.80. The molecule has 0 bridgehead atoms. The molecule has 3 aromatic carbocycles. The van der Waals surface area contributed by atoms with E-state index in [1.165, 1.54) is 13.2 Å². The second-order valence-corrected chi connectivity index (χ2v) is 7.08. The molecule has 0 aromatic heterocycles. The number of rotatable bonds is 7. The summed E-state index contributed by atoms with van der Waals surface area (Å²) in [6.45, 7) is 3.50. The van der Waals surface area contributed by atoms with Crippen LogP contribution in [0.25, 0.3) is 0 Å². The molecule has 1 amide bonds. The Labute approximate surface area is 186 Å². The molecule has 0 aliphatic rings. The van der Waals surface area contributed by atoms with Crippen molar-refractivity contribution in [2.75, 3.05) is 24.4 Å². The Hall–Kier alpha value is -4.13. The van der Waals surface area contributed by atoms with Gasteiger partial charge in [-0.2, -0.15) is 0 Å². The SMILES string of the molecule is COC(=O)c1ccccc1NC(=O)COC(=O)c1ccccc1Nc1cccc(C)c1C. The molecule has 0 aliphatic heterocycles. The summed E-state index contributed by atoms with van der Waals surface area (Å²) in [6.07, 6.45) is 0. The first kappa shape index (κ1) is 22.6. The zero-order valence-corrected chi connectivity index (χ0v) is 18.1. The number of hydrogen-bond acceptors (Lipinski definition) is 6. The van der Waals surface area contributed by atoms with Gasteiger partial charge < -0.3 is 20.1 Å². The highest BCUT2D eigenvalue weighted by Crippen LogP contribution is 2.25. The van der Waals surface area contributed by atoms with Crippen LogP contribution < -0.4 is 10.6 Å².